The molecule has 0 aliphatic rings. The molecule has 7 heteroatoms. The fourth-order valence-corrected chi connectivity index (χ4v) is 2.07. The molecule has 0 amide bonds. The molecule has 0 spiro atoms. The summed E-state index contributed by atoms with van der Waals surface area (Å²) in [6, 6.07) is 7.50. The van der Waals surface area contributed by atoms with Gasteiger partial charge in [-0.05, 0) is 18.2 Å². The van der Waals surface area contributed by atoms with Crippen LogP contribution in [0.3, 0.4) is 0 Å². The SMILES string of the molecule is O=[N+]([O-])c1ccc(Cl)cc1CNCc1ccc(F)cc1F. The Hall–Kier alpha value is -2.05. The van der Waals surface area contributed by atoms with Crippen molar-refractivity contribution in [1.29, 1.82) is 0 Å². The highest BCUT2D eigenvalue weighted by molar-refractivity contribution is 6.30. The first kappa shape index (κ1) is 15.3. The van der Waals surface area contributed by atoms with Gasteiger partial charge in [-0.2, -0.15) is 0 Å². The van der Waals surface area contributed by atoms with Gasteiger partial charge in [0.2, 0.25) is 0 Å². The van der Waals surface area contributed by atoms with E-state index in [1.54, 1.807) is 0 Å². The number of hydrogen-bond acceptors (Lipinski definition) is 3. The van der Waals surface area contributed by atoms with Crippen LogP contribution >= 0.6 is 11.6 Å². The summed E-state index contributed by atoms with van der Waals surface area (Å²) in [6.45, 7) is 0.267. The predicted molar refractivity (Wildman–Crippen MR) is 75.0 cm³/mol. The van der Waals surface area contributed by atoms with Crippen molar-refractivity contribution in [3.8, 4) is 0 Å². The topological polar surface area (TPSA) is 55.2 Å². The van der Waals surface area contributed by atoms with Crippen LogP contribution in [0.5, 0.6) is 0 Å². The molecule has 0 fully saturated rings. The molecule has 0 radical (unpaired) electrons. The van der Waals surface area contributed by atoms with Gasteiger partial charge in [-0.15, -0.1) is 0 Å². The molecule has 2 rings (SSSR count). The zero-order valence-electron chi connectivity index (χ0n) is 10.8. The van der Waals surface area contributed by atoms with Crippen LogP contribution in [0.4, 0.5) is 14.5 Å². The second-order valence-corrected chi connectivity index (χ2v) is 4.81. The van der Waals surface area contributed by atoms with Crippen molar-refractivity contribution in [3.63, 3.8) is 0 Å². The summed E-state index contributed by atoms with van der Waals surface area (Å²) in [4.78, 5) is 10.4. The van der Waals surface area contributed by atoms with Crippen LogP contribution in [-0.4, -0.2) is 4.92 Å². The molecule has 4 nitrogen and oxygen atoms in total. The minimum atomic E-state index is -0.664. The lowest BCUT2D eigenvalue weighted by Gasteiger charge is -2.07. The first-order chi connectivity index (χ1) is 9.97. The molecule has 0 aliphatic carbocycles. The number of nitro groups is 1. The Morgan fingerprint density at radius 2 is 1.81 bits per heavy atom. The maximum atomic E-state index is 13.4. The van der Waals surface area contributed by atoms with Crippen LogP contribution in [0, 0.1) is 21.7 Å². The van der Waals surface area contributed by atoms with E-state index in [0.29, 0.717) is 10.6 Å². The minimum absolute atomic E-state index is 0.0634. The molecular formula is C14H11ClF2N2O2. The number of nitrogens with zero attached hydrogens (tertiary/aromatic N) is 1. The monoisotopic (exact) mass is 312 g/mol. The predicted octanol–water partition coefficient (Wildman–Crippen LogP) is 3.82. The van der Waals surface area contributed by atoms with Gasteiger partial charge >= 0.3 is 0 Å². The molecule has 0 aliphatic heterocycles. The van der Waals surface area contributed by atoms with Crippen molar-refractivity contribution < 1.29 is 13.7 Å². The van der Waals surface area contributed by atoms with Crippen LogP contribution in [0.15, 0.2) is 36.4 Å². The van der Waals surface area contributed by atoms with E-state index in [-0.39, 0.29) is 24.3 Å². The summed E-state index contributed by atoms with van der Waals surface area (Å²) >= 11 is 5.81. The number of hydrogen-bond donors (Lipinski definition) is 1. The van der Waals surface area contributed by atoms with Gasteiger partial charge in [0.25, 0.3) is 5.69 Å². The molecule has 0 heterocycles. The minimum Gasteiger partial charge on any atom is -0.308 e. The number of halogens is 3. The third-order valence-electron chi connectivity index (χ3n) is 2.88. The normalized spacial score (nSPS) is 10.6. The van der Waals surface area contributed by atoms with Crippen molar-refractivity contribution in [3.05, 3.63) is 74.3 Å². The maximum absolute atomic E-state index is 13.4. The van der Waals surface area contributed by atoms with Crippen molar-refractivity contribution in [2.24, 2.45) is 0 Å². The van der Waals surface area contributed by atoms with Crippen LogP contribution in [0.25, 0.3) is 0 Å². The van der Waals surface area contributed by atoms with E-state index in [9.17, 15) is 18.9 Å². The fourth-order valence-electron chi connectivity index (χ4n) is 1.87. The van der Waals surface area contributed by atoms with Gasteiger partial charge in [-0.3, -0.25) is 10.1 Å². The highest BCUT2D eigenvalue weighted by Crippen LogP contribution is 2.22. The molecule has 2 aromatic carbocycles. The Balaban J connectivity index is 2.06. The average molecular weight is 313 g/mol. The average Bonchev–Trinajstić information content (AvgIpc) is 2.41. The third-order valence-corrected chi connectivity index (χ3v) is 3.12. The van der Waals surface area contributed by atoms with Gasteiger partial charge in [-0.25, -0.2) is 8.78 Å². The van der Waals surface area contributed by atoms with E-state index in [2.05, 4.69) is 5.32 Å². The van der Waals surface area contributed by atoms with Crippen molar-refractivity contribution >= 4 is 17.3 Å². The summed E-state index contributed by atoms with van der Waals surface area (Å²) in [5, 5.41) is 14.1. The fraction of sp³-hybridized carbons (Fsp3) is 0.143. The molecule has 0 saturated heterocycles. The molecule has 0 atom stereocenters. The van der Waals surface area contributed by atoms with Gasteiger partial charge < -0.3 is 5.32 Å². The lowest BCUT2D eigenvalue weighted by molar-refractivity contribution is -0.385. The van der Waals surface area contributed by atoms with Crippen LogP contribution < -0.4 is 5.32 Å². The summed E-state index contributed by atoms with van der Waals surface area (Å²) in [7, 11) is 0. The highest BCUT2D eigenvalue weighted by atomic mass is 35.5. The first-order valence-corrected chi connectivity index (χ1v) is 6.42. The van der Waals surface area contributed by atoms with Gasteiger partial charge in [0, 0.05) is 41.4 Å². The number of nitrogens with one attached hydrogen (secondary N) is 1. The second kappa shape index (κ2) is 6.60. The lowest BCUT2D eigenvalue weighted by atomic mass is 10.1. The Morgan fingerprint density at radius 3 is 2.48 bits per heavy atom. The van der Waals surface area contributed by atoms with Crippen molar-refractivity contribution in [2.75, 3.05) is 0 Å². The zero-order chi connectivity index (χ0) is 15.4. The Kier molecular flexibility index (Phi) is 4.82. The second-order valence-electron chi connectivity index (χ2n) is 4.37. The molecule has 1 N–H and O–H groups in total. The van der Waals surface area contributed by atoms with E-state index < -0.39 is 16.6 Å². The lowest BCUT2D eigenvalue weighted by Crippen LogP contribution is -2.15. The summed E-state index contributed by atoms with van der Waals surface area (Å²) in [6.07, 6.45) is 0. The van der Waals surface area contributed by atoms with E-state index in [1.165, 1.54) is 24.3 Å². The van der Waals surface area contributed by atoms with E-state index in [0.717, 1.165) is 12.1 Å². The first-order valence-electron chi connectivity index (χ1n) is 6.05. The van der Waals surface area contributed by atoms with Gasteiger partial charge in [0.05, 0.1) is 4.92 Å². The molecule has 0 bridgehead atoms. The Labute approximate surface area is 124 Å². The molecule has 0 aromatic heterocycles. The largest absolute Gasteiger partial charge is 0.308 e. The highest BCUT2D eigenvalue weighted by Gasteiger charge is 2.13. The summed E-state index contributed by atoms with van der Waals surface area (Å²) in [5.41, 5.74) is 0.613. The van der Waals surface area contributed by atoms with Crippen LogP contribution in [0.2, 0.25) is 5.02 Å². The van der Waals surface area contributed by atoms with Gasteiger partial charge in [0.1, 0.15) is 11.6 Å². The van der Waals surface area contributed by atoms with Crippen molar-refractivity contribution in [2.45, 2.75) is 13.1 Å². The quantitative estimate of drug-likeness (QED) is 0.674. The van der Waals surface area contributed by atoms with E-state index >= 15 is 0 Å². The molecule has 2 aromatic rings. The van der Waals surface area contributed by atoms with Crippen LogP contribution in [-0.2, 0) is 13.1 Å². The molecular weight excluding hydrogens is 302 g/mol. The maximum Gasteiger partial charge on any atom is 0.273 e. The smallest absolute Gasteiger partial charge is 0.273 e. The van der Waals surface area contributed by atoms with E-state index in [1.807, 2.05) is 0 Å². The molecule has 0 saturated carbocycles. The number of benzene rings is 2. The Bertz CT molecular complexity index is 680. The Morgan fingerprint density at radius 1 is 1.10 bits per heavy atom. The molecule has 21 heavy (non-hydrogen) atoms. The third kappa shape index (κ3) is 3.96. The zero-order valence-corrected chi connectivity index (χ0v) is 11.5. The summed E-state index contributed by atoms with van der Waals surface area (Å²) in [5.74, 6) is -1.31. The van der Waals surface area contributed by atoms with Gasteiger partial charge in [-0.1, -0.05) is 17.7 Å². The standard InChI is InChI=1S/C14H11ClF2N2O2/c15-11-2-4-14(19(20)21)10(5-11)8-18-7-9-1-3-12(16)6-13(9)17/h1-6,18H,7-8H2. The molecule has 0 unspecified atom stereocenters. The van der Waals surface area contributed by atoms with E-state index in [4.69, 9.17) is 11.6 Å². The molecule has 110 valence electrons. The summed E-state index contributed by atoms with van der Waals surface area (Å²) < 4.78 is 26.2. The van der Waals surface area contributed by atoms with Crippen molar-refractivity contribution in [1.82, 2.24) is 5.32 Å². The number of nitro benzene ring substituents is 1. The number of rotatable bonds is 5. The van der Waals surface area contributed by atoms with Gasteiger partial charge in [0.15, 0.2) is 0 Å². The van der Waals surface area contributed by atoms with Crippen LogP contribution in [0.1, 0.15) is 11.1 Å².